The minimum absolute atomic E-state index is 0. The van der Waals surface area contributed by atoms with E-state index in [4.69, 9.17) is 5.52 Å². The maximum absolute atomic E-state index is 13.4. The quantitative estimate of drug-likeness (QED) is 0.0830. The molecule has 2 aromatic rings. The molecular weight excluding hydrogens is 670 g/mol. The molecule has 0 saturated heterocycles. The fourth-order valence-corrected chi connectivity index (χ4v) is 5.27. The van der Waals surface area contributed by atoms with Crippen LogP contribution in [0, 0.1) is 20.7 Å². The van der Waals surface area contributed by atoms with E-state index in [1.807, 2.05) is 36.6 Å². The summed E-state index contributed by atoms with van der Waals surface area (Å²) in [7, 11) is 1.33. The van der Waals surface area contributed by atoms with Crippen molar-refractivity contribution in [3.05, 3.63) is 64.2 Å². The van der Waals surface area contributed by atoms with Crippen molar-refractivity contribution in [2.24, 2.45) is 5.73 Å². The number of hydrogen-bond acceptors (Lipinski definition) is 9. The molecule has 12 nitrogen and oxygen atoms in total. The van der Waals surface area contributed by atoms with Gasteiger partial charge in [0.25, 0.3) is 0 Å². The number of phenols is 1. The molecule has 0 aliphatic heterocycles. The second-order valence-electron chi connectivity index (χ2n) is 11.3. The maximum Gasteiger partial charge on any atom is 0.305 e. The number of benzene rings is 2. The molecule has 0 aliphatic carbocycles. The molecule has 4 amide bonds. The van der Waals surface area contributed by atoms with E-state index in [-0.39, 0.29) is 69.7 Å². The number of thioether (sulfide) groups is 1. The highest BCUT2D eigenvalue weighted by molar-refractivity contribution is 7.98. The van der Waals surface area contributed by atoms with E-state index in [2.05, 4.69) is 31.7 Å². The Morgan fingerprint density at radius 2 is 1.67 bits per heavy atom. The van der Waals surface area contributed by atoms with Crippen LogP contribution in [0.2, 0.25) is 1.41 Å². The zero-order chi connectivity index (χ0) is 38.5. The lowest BCUT2D eigenvalue weighted by Crippen LogP contribution is -2.54. The van der Waals surface area contributed by atoms with Gasteiger partial charge < -0.3 is 36.8 Å². The smallest absolute Gasteiger partial charge is 0.305 e. The second-order valence-corrected chi connectivity index (χ2v) is 12.3. The van der Waals surface area contributed by atoms with E-state index in [0.29, 0.717) is 54.7 Å². The molecule has 272 valence electrons. The Bertz CT molecular complexity index is 1480. The van der Waals surface area contributed by atoms with E-state index in [1.54, 1.807) is 0 Å². The summed E-state index contributed by atoms with van der Waals surface area (Å²) in [4.78, 5) is 64.1. The first kappa shape index (κ1) is 36.5. The van der Waals surface area contributed by atoms with Gasteiger partial charge in [-0.3, -0.25) is 24.0 Å². The van der Waals surface area contributed by atoms with Gasteiger partial charge in [-0.2, -0.15) is 11.8 Å². The number of nitrogens with one attached hydrogen (secondary N) is 4. The number of methoxy groups -OCH3 is 1. The van der Waals surface area contributed by atoms with Crippen LogP contribution in [-0.2, 0) is 41.6 Å². The normalized spacial score (nSPS) is 13.5. The zero-order valence-corrected chi connectivity index (χ0v) is 29.7. The van der Waals surface area contributed by atoms with Crippen LogP contribution in [0.5, 0.6) is 5.75 Å². The molecule has 3 atom stereocenters. The molecule has 49 heavy (non-hydrogen) atoms. The Kier molecular flexibility index (Phi) is 16.9. The van der Waals surface area contributed by atoms with Gasteiger partial charge in [0, 0.05) is 23.5 Å². The number of ether oxygens (including phenoxy) is 1. The highest BCUT2D eigenvalue weighted by Crippen LogP contribution is 2.27. The van der Waals surface area contributed by atoms with Crippen LogP contribution in [0.25, 0.3) is 0 Å². The summed E-state index contributed by atoms with van der Waals surface area (Å²) in [6.07, 6.45) is 4.37. The third-order valence-electron chi connectivity index (χ3n) is 7.65. The Labute approximate surface area is 305 Å². The number of unbranched alkanes of at least 4 members (excludes halogenated alkanes) is 2. The van der Waals surface area contributed by atoms with Crippen LogP contribution in [0.4, 0.5) is 0 Å². The zero-order valence-electron chi connectivity index (χ0n) is 32.1. The van der Waals surface area contributed by atoms with E-state index < -0.39 is 48.3 Å². The average Bonchev–Trinajstić information content (AvgIpc) is 3.15. The number of esters is 1. The van der Waals surface area contributed by atoms with Crippen LogP contribution >= 0.6 is 24.2 Å². The first-order chi connectivity index (χ1) is 25.0. The number of hydrogen-bond donors (Lipinski definition) is 6. The van der Waals surface area contributed by atoms with Crippen molar-refractivity contribution in [3.8, 4) is 5.75 Å². The van der Waals surface area contributed by atoms with Gasteiger partial charge in [0.15, 0.2) is 0 Å². The van der Waals surface area contributed by atoms with Crippen LogP contribution in [0.15, 0.2) is 36.4 Å². The molecule has 0 spiro atoms. The molecule has 0 saturated carbocycles. The number of rotatable bonds is 21. The summed E-state index contributed by atoms with van der Waals surface area (Å²) in [5, 5.41) is 21.0. The minimum Gasteiger partial charge on any atom is -0.508 e. The van der Waals surface area contributed by atoms with Crippen molar-refractivity contribution in [2.75, 3.05) is 32.2 Å². The molecule has 0 fully saturated rings. The molecule has 2 rings (SSSR count). The van der Waals surface area contributed by atoms with Gasteiger partial charge in [-0.1, -0.05) is 36.8 Å². The molecule has 0 bridgehead atoms. The molecule has 7 N–H and O–H groups in total. The van der Waals surface area contributed by atoms with Crippen LogP contribution in [-0.4, -0.2) is 85.0 Å². The third-order valence-corrected chi connectivity index (χ3v) is 8.29. The molecular formula is C35H52ClN5O7S. The highest BCUT2D eigenvalue weighted by atomic mass is 35.5. The molecule has 0 aromatic heterocycles. The van der Waals surface area contributed by atoms with Crippen molar-refractivity contribution >= 4 is 53.8 Å². The predicted molar refractivity (Wildman–Crippen MR) is 195 cm³/mol. The number of amides is 4. The Hall–Kier alpha value is -3.81. The van der Waals surface area contributed by atoms with Gasteiger partial charge in [0.2, 0.25) is 23.6 Å². The fourth-order valence-electron chi connectivity index (χ4n) is 4.80. The van der Waals surface area contributed by atoms with Gasteiger partial charge in [0.05, 0.1) is 19.7 Å². The number of aryl methyl sites for hydroxylation is 1. The Morgan fingerprint density at radius 1 is 0.939 bits per heavy atom. The van der Waals surface area contributed by atoms with Crippen molar-refractivity contribution in [1.82, 2.24) is 21.3 Å². The largest absolute Gasteiger partial charge is 0.508 e. The number of carbonyl (C=O) groups excluding carboxylic acids is 5. The topological polar surface area (TPSA) is 189 Å². The van der Waals surface area contributed by atoms with E-state index in [0.717, 1.165) is 5.56 Å². The van der Waals surface area contributed by atoms with Crippen LogP contribution in [0.3, 0.4) is 0 Å². The van der Waals surface area contributed by atoms with Crippen LogP contribution < -0.4 is 27.0 Å². The average molecular weight is 726 g/mol. The number of phenolic OH excluding ortho intramolecular Hbond substituents is 1. The van der Waals surface area contributed by atoms with E-state index >= 15 is 0 Å². The first-order valence-corrected chi connectivity index (χ1v) is 17.1. The molecule has 0 heterocycles. The van der Waals surface area contributed by atoms with E-state index in [9.17, 15) is 29.1 Å². The van der Waals surface area contributed by atoms with Crippen LogP contribution in [0.1, 0.15) is 64.0 Å². The summed E-state index contributed by atoms with van der Waals surface area (Å²) in [6, 6.07) is 7.27. The van der Waals surface area contributed by atoms with Crippen molar-refractivity contribution in [1.29, 1.82) is 0 Å². The number of halogens is 1. The number of carbonyl (C=O) groups is 5. The SMILES string of the molecule is Cl.[2H]Cc1cc(O)c(C[2H])c(C[2H])c1C[C@H](N[2H])C(=O)N[C@@H](CCSC)C(=O)NCC(=O)N[C@@H](Cc1ccccc1)C(=O)NCCCCCC(=O)OC. The molecule has 2 aromatic carbocycles. The fraction of sp³-hybridized carbons (Fsp3) is 0.514. The van der Waals surface area contributed by atoms with Gasteiger partial charge in [-0.25, -0.2) is 0 Å². The Balaban J connectivity index is 0.0000140. The summed E-state index contributed by atoms with van der Waals surface area (Å²) < 4.78 is 36.1. The lowest BCUT2D eigenvalue weighted by Gasteiger charge is -2.22. The molecule has 14 heteroatoms. The lowest BCUT2D eigenvalue weighted by molar-refractivity contribution is -0.140. The molecule has 0 unspecified atom stereocenters. The standard InChI is InChI=1S/C35H51N5O7S.ClH/c1-22-18-30(41)24(3)23(2)26(22)20-27(36)33(44)40-28(15-17-48-5)34(45)38-21-31(42)39-29(19-25-12-8-6-9-13-25)35(46)37-16-11-7-10-14-32(43)47-4;/h6,8-9,12-13,18,27-29,41H,7,10-11,14-17,19-21,36H2,1-5H3,(H,37,46)(H,38,45)(H,39,42)(H,40,44);1H/t27-,28-,29-;/m0./s1/i1D,2D,3D;/hD. The summed E-state index contributed by atoms with van der Waals surface area (Å²) in [6.45, 7) is -0.994. The monoisotopic (exact) mass is 725 g/mol. The molecule has 0 aliphatic rings. The van der Waals surface area contributed by atoms with Crippen molar-refractivity contribution < 1.29 is 39.3 Å². The van der Waals surface area contributed by atoms with E-state index in [1.165, 1.54) is 24.9 Å². The Morgan fingerprint density at radius 3 is 2.33 bits per heavy atom. The second kappa shape index (κ2) is 22.8. The maximum atomic E-state index is 13.4. The van der Waals surface area contributed by atoms with Gasteiger partial charge >= 0.3 is 5.97 Å². The van der Waals surface area contributed by atoms with Crippen molar-refractivity contribution in [2.45, 2.75) is 83.8 Å². The van der Waals surface area contributed by atoms with Gasteiger partial charge in [-0.05, 0) is 92.3 Å². The summed E-state index contributed by atoms with van der Waals surface area (Å²) >= 11 is 1.44. The predicted octanol–water partition coefficient (Wildman–Crippen LogP) is 2.54. The molecule has 0 radical (unpaired) electrons. The summed E-state index contributed by atoms with van der Waals surface area (Å²) in [5.41, 5.74) is 4.32. The third kappa shape index (κ3) is 15.1. The summed E-state index contributed by atoms with van der Waals surface area (Å²) in [5.74, 6) is -2.36. The number of nitrogens with two attached hydrogens (primary N) is 1. The lowest BCUT2D eigenvalue weighted by atomic mass is 9.92. The highest BCUT2D eigenvalue weighted by Gasteiger charge is 2.26. The van der Waals surface area contributed by atoms with Gasteiger partial charge in [-0.15, -0.1) is 12.4 Å². The first-order valence-electron chi connectivity index (χ1n) is 18.3. The number of aromatic hydroxyl groups is 1. The van der Waals surface area contributed by atoms with Gasteiger partial charge in [0.1, 0.15) is 19.2 Å². The van der Waals surface area contributed by atoms with Crippen molar-refractivity contribution in [3.63, 3.8) is 0 Å². The minimum atomic E-state index is -1.20.